The van der Waals surface area contributed by atoms with Gasteiger partial charge in [-0.1, -0.05) is 74.6 Å². The third kappa shape index (κ3) is 3.37. The van der Waals surface area contributed by atoms with Gasteiger partial charge in [-0.05, 0) is 36.0 Å². The van der Waals surface area contributed by atoms with Crippen LogP contribution in [-0.4, -0.2) is 33.6 Å². The van der Waals surface area contributed by atoms with Crippen molar-refractivity contribution in [3.05, 3.63) is 60.2 Å². The Morgan fingerprint density at radius 2 is 1.82 bits per heavy atom. The fourth-order valence-corrected chi connectivity index (χ4v) is 6.27. The van der Waals surface area contributed by atoms with Crippen LogP contribution in [0.15, 0.2) is 54.6 Å². The first-order chi connectivity index (χ1) is 15.7. The second kappa shape index (κ2) is 7.76. The van der Waals surface area contributed by atoms with Gasteiger partial charge in [-0.2, -0.15) is 0 Å². The molecule has 170 valence electrons. The molecule has 3 atom stereocenters. The lowest BCUT2D eigenvalue weighted by Crippen LogP contribution is -2.64. The van der Waals surface area contributed by atoms with Gasteiger partial charge in [0, 0.05) is 12.3 Å². The summed E-state index contributed by atoms with van der Waals surface area (Å²) >= 11 is 1.38. The number of amides is 3. The summed E-state index contributed by atoms with van der Waals surface area (Å²) < 4.78 is 0.963. The number of carbonyl (C=O) groups is 3. The summed E-state index contributed by atoms with van der Waals surface area (Å²) in [6.45, 7) is 5.95. The Morgan fingerprint density at radius 3 is 2.55 bits per heavy atom. The van der Waals surface area contributed by atoms with Crippen molar-refractivity contribution in [2.45, 2.75) is 46.1 Å². The summed E-state index contributed by atoms with van der Waals surface area (Å²) in [7, 11) is 0. The number of thiazole rings is 1. The van der Waals surface area contributed by atoms with Crippen molar-refractivity contribution in [1.29, 1.82) is 0 Å². The van der Waals surface area contributed by atoms with Crippen LogP contribution in [0, 0.1) is 16.7 Å². The van der Waals surface area contributed by atoms with E-state index in [0.29, 0.717) is 18.0 Å². The first kappa shape index (κ1) is 21.8. The standard InChI is InChI=1S/C26H27N3O3S/c1-25(2)17-13-14-26(25,3)23(32)29(22(17)31)19(15-16-9-5-4-6-10-16)21(30)28-24-27-18-11-7-8-12-20(18)33-24/h4-12,17,19H,13-15H2,1-3H3,(H,27,28,30). The number of carbonyl (C=O) groups excluding carboxylic acids is 3. The molecule has 2 fully saturated rings. The fraction of sp³-hybridized carbons (Fsp3) is 0.385. The number of benzene rings is 2. The van der Waals surface area contributed by atoms with Crippen LogP contribution in [0.5, 0.6) is 0 Å². The summed E-state index contributed by atoms with van der Waals surface area (Å²) in [6.07, 6.45) is 1.59. The molecular formula is C26H27N3O3S. The maximum atomic E-state index is 13.8. The van der Waals surface area contributed by atoms with E-state index in [-0.39, 0.29) is 30.1 Å². The average Bonchev–Trinajstić information content (AvgIpc) is 3.27. The van der Waals surface area contributed by atoms with Crippen molar-refractivity contribution in [1.82, 2.24) is 9.88 Å². The van der Waals surface area contributed by atoms with Crippen molar-refractivity contribution in [3.8, 4) is 0 Å². The van der Waals surface area contributed by atoms with Crippen LogP contribution in [0.1, 0.15) is 39.2 Å². The van der Waals surface area contributed by atoms with Crippen LogP contribution >= 0.6 is 11.3 Å². The maximum absolute atomic E-state index is 13.8. The molecule has 2 heterocycles. The van der Waals surface area contributed by atoms with Crippen LogP contribution in [0.3, 0.4) is 0 Å². The van der Waals surface area contributed by atoms with Crippen molar-refractivity contribution in [2.24, 2.45) is 16.7 Å². The van der Waals surface area contributed by atoms with Gasteiger partial charge in [-0.3, -0.25) is 19.3 Å². The Balaban J connectivity index is 1.51. The van der Waals surface area contributed by atoms with Crippen molar-refractivity contribution in [2.75, 3.05) is 5.32 Å². The van der Waals surface area contributed by atoms with Crippen LogP contribution < -0.4 is 5.32 Å². The monoisotopic (exact) mass is 461 g/mol. The quantitative estimate of drug-likeness (QED) is 0.561. The molecule has 3 aromatic rings. The lowest BCUT2D eigenvalue weighted by Gasteiger charge is -2.49. The number of piperidine rings is 1. The lowest BCUT2D eigenvalue weighted by atomic mass is 9.62. The molecule has 5 rings (SSSR count). The minimum Gasteiger partial charge on any atom is -0.300 e. The number of rotatable bonds is 5. The number of aromatic nitrogens is 1. The lowest BCUT2D eigenvalue weighted by molar-refractivity contribution is -0.172. The normalized spacial score (nSPS) is 24.8. The zero-order chi connectivity index (χ0) is 23.4. The first-order valence-corrected chi connectivity index (χ1v) is 12.1. The summed E-state index contributed by atoms with van der Waals surface area (Å²) in [4.78, 5) is 46.7. The third-order valence-electron chi connectivity index (χ3n) is 7.86. The van der Waals surface area contributed by atoms with E-state index < -0.39 is 16.9 Å². The van der Waals surface area contributed by atoms with E-state index in [9.17, 15) is 14.4 Å². The molecule has 33 heavy (non-hydrogen) atoms. The second-order valence-electron chi connectivity index (χ2n) is 9.84. The molecular weight excluding hydrogens is 434 g/mol. The van der Waals surface area contributed by atoms with E-state index in [1.54, 1.807) is 0 Å². The number of anilines is 1. The van der Waals surface area contributed by atoms with Crippen LogP contribution in [0.2, 0.25) is 0 Å². The Hall–Kier alpha value is -3.06. The number of likely N-dealkylation sites (tertiary alicyclic amines) is 1. The van der Waals surface area contributed by atoms with E-state index in [1.807, 2.05) is 75.4 Å². The maximum Gasteiger partial charge on any atom is 0.249 e. The molecule has 2 bridgehead atoms. The van der Waals surface area contributed by atoms with E-state index in [0.717, 1.165) is 15.8 Å². The summed E-state index contributed by atoms with van der Waals surface area (Å²) in [6, 6.07) is 16.2. The van der Waals surface area contributed by atoms with Crippen LogP contribution in [0.4, 0.5) is 5.13 Å². The van der Waals surface area contributed by atoms with Gasteiger partial charge in [-0.25, -0.2) is 4.98 Å². The Labute approximate surface area is 197 Å². The highest BCUT2D eigenvalue weighted by molar-refractivity contribution is 7.22. The zero-order valence-electron chi connectivity index (χ0n) is 19.0. The SMILES string of the molecule is CC12CCC(C(=O)N(C(Cc3ccccc3)C(=O)Nc3nc4ccccc4s3)C1=O)C2(C)C. The predicted octanol–water partition coefficient (Wildman–Crippen LogP) is 4.66. The number of nitrogens with one attached hydrogen (secondary N) is 1. The Kier molecular flexibility index (Phi) is 5.12. The Bertz CT molecular complexity index is 1220. The Morgan fingerprint density at radius 1 is 1.12 bits per heavy atom. The highest BCUT2D eigenvalue weighted by atomic mass is 32.1. The molecule has 7 heteroatoms. The minimum atomic E-state index is -0.935. The number of para-hydroxylation sites is 1. The number of hydrogen-bond acceptors (Lipinski definition) is 5. The summed E-state index contributed by atoms with van der Waals surface area (Å²) in [5.74, 6) is -1.14. The molecule has 1 aliphatic carbocycles. The van der Waals surface area contributed by atoms with Crippen LogP contribution in [0.25, 0.3) is 10.2 Å². The molecule has 1 saturated heterocycles. The fourth-order valence-electron chi connectivity index (χ4n) is 5.40. The predicted molar refractivity (Wildman–Crippen MR) is 129 cm³/mol. The highest BCUT2D eigenvalue weighted by Gasteiger charge is 2.65. The number of imide groups is 1. The molecule has 2 aliphatic rings. The minimum absolute atomic E-state index is 0.236. The van der Waals surface area contributed by atoms with Gasteiger partial charge < -0.3 is 5.32 Å². The van der Waals surface area contributed by atoms with Crippen molar-refractivity contribution < 1.29 is 14.4 Å². The molecule has 6 nitrogen and oxygen atoms in total. The molecule has 3 amide bonds. The van der Waals surface area contributed by atoms with E-state index in [4.69, 9.17) is 0 Å². The highest BCUT2D eigenvalue weighted by Crippen LogP contribution is 2.60. The number of fused-ring (bicyclic) bond motifs is 3. The van der Waals surface area contributed by atoms with Crippen molar-refractivity contribution >= 4 is 44.4 Å². The summed E-state index contributed by atoms with van der Waals surface area (Å²) in [5.41, 5.74) is 0.592. The molecule has 2 aromatic carbocycles. The van der Waals surface area contributed by atoms with Gasteiger partial charge in [-0.15, -0.1) is 0 Å². The zero-order valence-corrected chi connectivity index (χ0v) is 19.8. The van der Waals surface area contributed by atoms with Gasteiger partial charge in [0.05, 0.1) is 15.6 Å². The molecule has 0 radical (unpaired) electrons. The van der Waals surface area contributed by atoms with Gasteiger partial charge in [0.1, 0.15) is 6.04 Å². The molecule has 1 N–H and O–H groups in total. The van der Waals surface area contributed by atoms with Gasteiger partial charge >= 0.3 is 0 Å². The smallest absolute Gasteiger partial charge is 0.249 e. The van der Waals surface area contributed by atoms with Gasteiger partial charge in [0.15, 0.2) is 5.13 Å². The molecule has 1 aliphatic heterocycles. The van der Waals surface area contributed by atoms with E-state index in [1.165, 1.54) is 16.2 Å². The van der Waals surface area contributed by atoms with Crippen molar-refractivity contribution in [3.63, 3.8) is 0 Å². The summed E-state index contributed by atoms with van der Waals surface area (Å²) in [5, 5.41) is 3.36. The first-order valence-electron chi connectivity index (χ1n) is 11.3. The average molecular weight is 462 g/mol. The van der Waals surface area contributed by atoms with Crippen LogP contribution in [-0.2, 0) is 20.8 Å². The largest absolute Gasteiger partial charge is 0.300 e. The van der Waals surface area contributed by atoms with Gasteiger partial charge in [0.25, 0.3) is 0 Å². The van der Waals surface area contributed by atoms with Gasteiger partial charge in [0.2, 0.25) is 17.7 Å². The topological polar surface area (TPSA) is 79.4 Å². The molecule has 3 unspecified atom stereocenters. The second-order valence-corrected chi connectivity index (χ2v) is 10.9. The molecule has 1 aromatic heterocycles. The van der Waals surface area contributed by atoms with E-state index in [2.05, 4.69) is 10.3 Å². The molecule has 0 spiro atoms. The number of hydrogen-bond donors (Lipinski definition) is 1. The third-order valence-corrected chi connectivity index (χ3v) is 8.81. The van der Waals surface area contributed by atoms with E-state index >= 15 is 0 Å². The molecule has 1 saturated carbocycles. The number of nitrogens with zero attached hydrogens (tertiary/aromatic N) is 2.